The Kier molecular flexibility index (Phi) is 4.57. The Balaban J connectivity index is 1.41. The Labute approximate surface area is 154 Å². The number of benzene rings is 2. The molecule has 4 rings (SSSR count). The normalized spacial score (nSPS) is 11.2. The smallest absolute Gasteiger partial charge is 0.250 e. The molecule has 2 N–H and O–H groups in total. The minimum absolute atomic E-state index is 0.219. The topological polar surface area (TPSA) is 70.7 Å². The van der Waals surface area contributed by atoms with E-state index in [0.29, 0.717) is 11.6 Å². The SMILES string of the molecule is O=C(/C=C/c1ccccc1)Nc1nnc(Cc2c[nH]c3ccccc23)s1. The number of anilines is 1. The lowest BCUT2D eigenvalue weighted by Crippen LogP contribution is -2.07. The molecule has 5 nitrogen and oxygen atoms in total. The van der Waals surface area contributed by atoms with Gasteiger partial charge in [-0.3, -0.25) is 10.1 Å². The summed E-state index contributed by atoms with van der Waals surface area (Å²) in [6.45, 7) is 0. The van der Waals surface area contributed by atoms with E-state index >= 15 is 0 Å². The van der Waals surface area contributed by atoms with E-state index in [1.54, 1.807) is 6.08 Å². The molecule has 0 atom stereocenters. The predicted molar refractivity (Wildman–Crippen MR) is 105 cm³/mol. The first-order valence-electron chi connectivity index (χ1n) is 8.19. The fourth-order valence-corrected chi connectivity index (χ4v) is 3.47. The molecule has 0 fully saturated rings. The van der Waals surface area contributed by atoms with E-state index in [-0.39, 0.29) is 5.91 Å². The van der Waals surface area contributed by atoms with Crippen molar-refractivity contribution in [1.29, 1.82) is 0 Å². The molecular formula is C20H16N4OS. The average molecular weight is 360 g/mol. The van der Waals surface area contributed by atoms with Crippen molar-refractivity contribution in [3.05, 3.63) is 83.0 Å². The third-order valence-electron chi connectivity index (χ3n) is 3.94. The summed E-state index contributed by atoms with van der Waals surface area (Å²) in [7, 11) is 0. The molecule has 0 unspecified atom stereocenters. The maximum absolute atomic E-state index is 12.0. The number of aromatic nitrogens is 3. The van der Waals surface area contributed by atoms with E-state index in [1.807, 2.05) is 54.7 Å². The zero-order valence-corrected chi connectivity index (χ0v) is 14.7. The van der Waals surface area contributed by atoms with Gasteiger partial charge in [0.05, 0.1) is 0 Å². The summed E-state index contributed by atoms with van der Waals surface area (Å²) in [5, 5.41) is 13.6. The van der Waals surface area contributed by atoms with Gasteiger partial charge in [0.2, 0.25) is 11.0 Å². The third kappa shape index (κ3) is 3.70. The van der Waals surface area contributed by atoms with Crippen LogP contribution in [0.1, 0.15) is 16.1 Å². The lowest BCUT2D eigenvalue weighted by atomic mass is 10.1. The highest BCUT2D eigenvalue weighted by molar-refractivity contribution is 7.15. The molecule has 128 valence electrons. The summed E-state index contributed by atoms with van der Waals surface area (Å²) in [4.78, 5) is 15.3. The molecule has 0 aliphatic carbocycles. The molecule has 0 radical (unpaired) electrons. The maximum atomic E-state index is 12.0. The van der Waals surface area contributed by atoms with Crippen LogP contribution in [0.3, 0.4) is 0 Å². The van der Waals surface area contributed by atoms with Crippen LogP contribution in [0.25, 0.3) is 17.0 Å². The molecule has 2 aromatic heterocycles. The van der Waals surface area contributed by atoms with Gasteiger partial charge in [0.25, 0.3) is 0 Å². The largest absolute Gasteiger partial charge is 0.361 e. The van der Waals surface area contributed by atoms with Gasteiger partial charge in [0.1, 0.15) is 5.01 Å². The van der Waals surface area contributed by atoms with Gasteiger partial charge >= 0.3 is 0 Å². The summed E-state index contributed by atoms with van der Waals surface area (Å²) in [6.07, 6.45) is 5.93. The number of para-hydroxylation sites is 1. The van der Waals surface area contributed by atoms with Crippen molar-refractivity contribution in [1.82, 2.24) is 15.2 Å². The summed E-state index contributed by atoms with van der Waals surface area (Å²) < 4.78 is 0. The van der Waals surface area contributed by atoms with Crippen LogP contribution in [0.5, 0.6) is 0 Å². The number of aromatic amines is 1. The van der Waals surface area contributed by atoms with Crippen molar-refractivity contribution in [2.45, 2.75) is 6.42 Å². The Morgan fingerprint density at radius 3 is 2.77 bits per heavy atom. The second kappa shape index (κ2) is 7.33. The Hall–Kier alpha value is -3.25. The summed E-state index contributed by atoms with van der Waals surface area (Å²) >= 11 is 1.39. The molecule has 0 saturated carbocycles. The number of carbonyl (C=O) groups excluding carboxylic acids is 1. The van der Waals surface area contributed by atoms with Crippen LogP contribution in [-0.2, 0) is 11.2 Å². The number of nitrogens with zero attached hydrogens (tertiary/aromatic N) is 2. The van der Waals surface area contributed by atoms with Crippen molar-refractivity contribution in [3.63, 3.8) is 0 Å². The first-order valence-corrected chi connectivity index (χ1v) is 9.01. The molecule has 0 spiro atoms. The van der Waals surface area contributed by atoms with Gasteiger partial charge in [-0.05, 0) is 23.3 Å². The molecule has 6 heteroatoms. The molecule has 0 aliphatic heterocycles. The molecule has 0 aliphatic rings. The van der Waals surface area contributed by atoms with E-state index in [4.69, 9.17) is 0 Å². The van der Waals surface area contributed by atoms with Gasteiger partial charge in [0, 0.05) is 29.6 Å². The number of hydrogen-bond donors (Lipinski definition) is 2. The standard InChI is InChI=1S/C20H16N4OS/c25-18(11-10-14-6-2-1-3-7-14)22-20-24-23-19(26-20)12-15-13-21-17-9-5-4-8-16(15)17/h1-11,13,21H,12H2,(H,22,24,25)/b11-10+. The first-order chi connectivity index (χ1) is 12.8. The van der Waals surface area contributed by atoms with Crippen LogP contribution in [0, 0.1) is 0 Å². The van der Waals surface area contributed by atoms with Crippen molar-refractivity contribution < 1.29 is 4.79 Å². The van der Waals surface area contributed by atoms with Gasteiger partial charge in [-0.1, -0.05) is 59.9 Å². The van der Waals surface area contributed by atoms with E-state index in [9.17, 15) is 4.79 Å². The van der Waals surface area contributed by atoms with Crippen LogP contribution >= 0.6 is 11.3 Å². The average Bonchev–Trinajstić information content (AvgIpc) is 3.28. The van der Waals surface area contributed by atoms with E-state index in [1.165, 1.54) is 28.4 Å². The zero-order chi connectivity index (χ0) is 17.8. The molecule has 26 heavy (non-hydrogen) atoms. The zero-order valence-electron chi connectivity index (χ0n) is 13.8. The van der Waals surface area contributed by atoms with Crippen molar-refractivity contribution >= 4 is 39.4 Å². The number of H-pyrrole nitrogens is 1. The van der Waals surface area contributed by atoms with Crippen molar-refractivity contribution in [3.8, 4) is 0 Å². The quantitative estimate of drug-likeness (QED) is 0.522. The van der Waals surface area contributed by atoms with Gasteiger partial charge < -0.3 is 4.98 Å². The van der Waals surface area contributed by atoms with Crippen LogP contribution in [0.4, 0.5) is 5.13 Å². The highest BCUT2D eigenvalue weighted by Crippen LogP contribution is 2.23. The van der Waals surface area contributed by atoms with Gasteiger partial charge in [-0.25, -0.2) is 0 Å². The first kappa shape index (κ1) is 16.2. The second-order valence-electron chi connectivity index (χ2n) is 5.77. The van der Waals surface area contributed by atoms with Gasteiger partial charge in [-0.15, -0.1) is 10.2 Å². The summed E-state index contributed by atoms with van der Waals surface area (Å²) in [5.74, 6) is -0.219. The Morgan fingerprint density at radius 1 is 1.08 bits per heavy atom. The highest BCUT2D eigenvalue weighted by Gasteiger charge is 2.10. The van der Waals surface area contributed by atoms with Crippen LogP contribution in [0.15, 0.2) is 66.9 Å². The predicted octanol–water partition coefficient (Wildman–Crippen LogP) is 4.26. The van der Waals surface area contributed by atoms with Crippen LogP contribution in [0.2, 0.25) is 0 Å². The van der Waals surface area contributed by atoms with Crippen LogP contribution < -0.4 is 5.32 Å². The number of amides is 1. The molecule has 2 aromatic carbocycles. The van der Waals surface area contributed by atoms with Gasteiger partial charge in [0.15, 0.2) is 0 Å². The minimum Gasteiger partial charge on any atom is -0.361 e. The van der Waals surface area contributed by atoms with E-state index in [0.717, 1.165) is 16.1 Å². The molecule has 0 bridgehead atoms. The lowest BCUT2D eigenvalue weighted by molar-refractivity contribution is -0.111. The summed E-state index contributed by atoms with van der Waals surface area (Å²) in [6, 6.07) is 17.8. The second-order valence-corrected chi connectivity index (χ2v) is 6.83. The maximum Gasteiger partial charge on any atom is 0.250 e. The van der Waals surface area contributed by atoms with Crippen molar-refractivity contribution in [2.75, 3.05) is 5.32 Å². The monoisotopic (exact) mass is 360 g/mol. The number of hydrogen-bond acceptors (Lipinski definition) is 4. The Morgan fingerprint density at radius 2 is 1.88 bits per heavy atom. The molecular weight excluding hydrogens is 344 g/mol. The number of nitrogens with one attached hydrogen (secondary N) is 2. The Bertz CT molecular complexity index is 1070. The molecule has 2 heterocycles. The lowest BCUT2D eigenvalue weighted by Gasteiger charge is -1.96. The fourth-order valence-electron chi connectivity index (χ4n) is 2.70. The third-order valence-corrected chi connectivity index (χ3v) is 4.78. The van der Waals surface area contributed by atoms with Crippen molar-refractivity contribution in [2.24, 2.45) is 0 Å². The molecule has 1 amide bonds. The van der Waals surface area contributed by atoms with Gasteiger partial charge in [-0.2, -0.15) is 0 Å². The fraction of sp³-hybridized carbons (Fsp3) is 0.0500. The number of carbonyl (C=O) groups is 1. The van der Waals surface area contributed by atoms with E-state index in [2.05, 4.69) is 26.6 Å². The van der Waals surface area contributed by atoms with Crippen LogP contribution in [-0.4, -0.2) is 21.1 Å². The number of fused-ring (bicyclic) bond motifs is 1. The number of rotatable bonds is 5. The molecule has 4 aromatic rings. The minimum atomic E-state index is -0.219. The molecule has 0 saturated heterocycles. The highest BCUT2D eigenvalue weighted by atomic mass is 32.1. The van der Waals surface area contributed by atoms with E-state index < -0.39 is 0 Å². The summed E-state index contributed by atoms with van der Waals surface area (Å²) in [5.41, 5.74) is 3.24.